The summed E-state index contributed by atoms with van der Waals surface area (Å²) in [5.74, 6) is -0.657. The number of nitrogens with zero attached hydrogens (tertiary/aromatic N) is 1. The molecule has 1 aromatic heterocycles. The maximum atomic E-state index is 12.4. The maximum Gasteiger partial charge on any atom is 0.303 e. The van der Waals surface area contributed by atoms with Gasteiger partial charge >= 0.3 is 5.97 Å². The van der Waals surface area contributed by atoms with Crippen molar-refractivity contribution in [1.29, 1.82) is 0 Å². The van der Waals surface area contributed by atoms with E-state index in [0.717, 1.165) is 35.7 Å². The molecule has 2 rings (SSSR count). The van der Waals surface area contributed by atoms with Gasteiger partial charge in [-0.1, -0.05) is 11.6 Å². The van der Waals surface area contributed by atoms with Crippen LogP contribution in [-0.2, 0) is 16.0 Å². The minimum Gasteiger partial charge on any atom is -0.481 e. The van der Waals surface area contributed by atoms with E-state index in [4.69, 9.17) is 16.7 Å². The van der Waals surface area contributed by atoms with Crippen molar-refractivity contribution in [2.24, 2.45) is 0 Å². The minimum absolute atomic E-state index is 0.0919. The van der Waals surface area contributed by atoms with Crippen molar-refractivity contribution in [1.82, 2.24) is 4.90 Å². The smallest absolute Gasteiger partial charge is 0.303 e. The van der Waals surface area contributed by atoms with Crippen molar-refractivity contribution in [3.05, 3.63) is 21.3 Å². The van der Waals surface area contributed by atoms with Gasteiger partial charge < -0.3 is 10.0 Å². The summed E-state index contributed by atoms with van der Waals surface area (Å²) in [5.41, 5.74) is 0. The Morgan fingerprint density at radius 2 is 2.19 bits per heavy atom. The van der Waals surface area contributed by atoms with E-state index in [1.54, 1.807) is 11.3 Å². The first-order chi connectivity index (χ1) is 10.1. The number of carbonyl (C=O) groups is 2. The number of amides is 1. The third-order valence-electron chi connectivity index (χ3n) is 3.85. The Kier molecular flexibility index (Phi) is 6.06. The summed E-state index contributed by atoms with van der Waals surface area (Å²) in [6.07, 6.45) is 4.89. The third kappa shape index (κ3) is 5.00. The first-order valence-electron chi connectivity index (χ1n) is 7.30. The number of carbonyl (C=O) groups excluding carboxylic acids is 1. The highest BCUT2D eigenvalue weighted by Gasteiger charge is 2.26. The van der Waals surface area contributed by atoms with E-state index in [1.165, 1.54) is 0 Å². The fourth-order valence-electron chi connectivity index (χ4n) is 2.78. The summed E-state index contributed by atoms with van der Waals surface area (Å²) in [6.45, 7) is 0.758. The summed E-state index contributed by atoms with van der Waals surface area (Å²) in [4.78, 5) is 26.1. The molecule has 1 aromatic rings. The largest absolute Gasteiger partial charge is 0.481 e. The van der Waals surface area contributed by atoms with E-state index < -0.39 is 5.97 Å². The molecule has 1 fully saturated rings. The number of rotatable bonds is 6. The predicted octanol–water partition coefficient (Wildman–Crippen LogP) is 3.58. The van der Waals surface area contributed by atoms with Gasteiger partial charge in [0, 0.05) is 35.7 Å². The topological polar surface area (TPSA) is 57.6 Å². The van der Waals surface area contributed by atoms with E-state index in [9.17, 15) is 9.59 Å². The van der Waals surface area contributed by atoms with E-state index in [2.05, 4.69) is 0 Å². The van der Waals surface area contributed by atoms with Crippen LogP contribution in [0, 0.1) is 0 Å². The first-order valence-corrected chi connectivity index (χ1v) is 8.56. The van der Waals surface area contributed by atoms with Gasteiger partial charge in [0.1, 0.15) is 0 Å². The molecule has 0 spiro atoms. The molecule has 0 bridgehead atoms. The van der Waals surface area contributed by atoms with Crippen molar-refractivity contribution < 1.29 is 14.7 Å². The van der Waals surface area contributed by atoms with E-state index in [-0.39, 0.29) is 18.4 Å². The van der Waals surface area contributed by atoms with Gasteiger partial charge in [-0.2, -0.15) is 0 Å². The molecule has 0 aliphatic carbocycles. The van der Waals surface area contributed by atoms with Crippen LogP contribution in [0.15, 0.2) is 11.4 Å². The number of carboxylic acid groups (broad SMARTS) is 1. The number of aliphatic carboxylic acids is 1. The highest BCUT2D eigenvalue weighted by molar-refractivity contribution is 7.10. The second-order valence-electron chi connectivity index (χ2n) is 5.40. The quantitative estimate of drug-likeness (QED) is 0.867. The van der Waals surface area contributed by atoms with Crippen LogP contribution < -0.4 is 0 Å². The van der Waals surface area contributed by atoms with Crippen molar-refractivity contribution in [2.45, 2.75) is 51.0 Å². The van der Waals surface area contributed by atoms with E-state index in [1.807, 2.05) is 16.3 Å². The van der Waals surface area contributed by atoms with Gasteiger partial charge in [-0.25, -0.2) is 0 Å². The van der Waals surface area contributed by atoms with Crippen LogP contribution in [0.4, 0.5) is 0 Å². The Bertz CT molecular complexity index is 503. The highest BCUT2D eigenvalue weighted by Crippen LogP contribution is 2.24. The maximum absolute atomic E-state index is 12.4. The molecule has 1 N–H and O–H groups in total. The molecule has 116 valence electrons. The predicted molar refractivity (Wildman–Crippen MR) is 83.9 cm³/mol. The Morgan fingerprint density at radius 1 is 1.38 bits per heavy atom. The van der Waals surface area contributed by atoms with Crippen LogP contribution in [0.1, 0.15) is 43.4 Å². The Labute approximate surface area is 133 Å². The van der Waals surface area contributed by atoms with Crippen LogP contribution in [-0.4, -0.2) is 34.5 Å². The molecule has 1 aliphatic heterocycles. The van der Waals surface area contributed by atoms with Gasteiger partial charge in [0.05, 0.1) is 5.02 Å². The van der Waals surface area contributed by atoms with Crippen LogP contribution in [0.2, 0.25) is 5.02 Å². The number of aryl methyl sites for hydroxylation is 1. The second kappa shape index (κ2) is 7.80. The van der Waals surface area contributed by atoms with Crippen LogP contribution in [0.25, 0.3) is 0 Å². The molecular formula is C15H20ClNO3S. The van der Waals surface area contributed by atoms with Gasteiger partial charge in [0.15, 0.2) is 0 Å². The lowest BCUT2D eigenvalue weighted by Crippen LogP contribution is -2.44. The second-order valence-corrected chi connectivity index (χ2v) is 6.83. The molecule has 1 unspecified atom stereocenters. The molecule has 1 atom stereocenters. The molecule has 21 heavy (non-hydrogen) atoms. The monoisotopic (exact) mass is 329 g/mol. The zero-order valence-corrected chi connectivity index (χ0v) is 13.5. The molecule has 1 amide bonds. The van der Waals surface area contributed by atoms with E-state index >= 15 is 0 Å². The van der Waals surface area contributed by atoms with Gasteiger partial charge in [-0.15, -0.1) is 11.3 Å². The Hall–Kier alpha value is -1.07. The third-order valence-corrected chi connectivity index (χ3v) is 5.19. The average Bonchev–Trinajstić information content (AvgIpc) is 2.88. The lowest BCUT2D eigenvalue weighted by Gasteiger charge is -2.35. The summed E-state index contributed by atoms with van der Waals surface area (Å²) >= 11 is 7.45. The number of hydrogen-bond donors (Lipinski definition) is 1. The van der Waals surface area contributed by atoms with Gasteiger partial charge in [0.2, 0.25) is 5.91 Å². The lowest BCUT2D eigenvalue weighted by atomic mass is 9.97. The highest BCUT2D eigenvalue weighted by atomic mass is 35.5. The van der Waals surface area contributed by atoms with Crippen molar-refractivity contribution in [3.8, 4) is 0 Å². The van der Waals surface area contributed by atoms with Crippen molar-refractivity contribution in [2.75, 3.05) is 6.54 Å². The number of piperidine rings is 1. The van der Waals surface area contributed by atoms with Gasteiger partial charge in [-0.3, -0.25) is 9.59 Å². The summed E-state index contributed by atoms with van der Waals surface area (Å²) in [6, 6.07) is 1.99. The van der Waals surface area contributed by atoms with Gasteiger partial charge in [-0.05, 0) is 38.2 Å². The lowest BCUT2D eigenvalue weighted by molar-refractivity contribution is -0.140. The molecule has 2 heterocycles. The van der Waals surface area contributed by atoms with Crippen molar-refractivity contribution >= 4 is 34.8 Å². The molecule has 0 aromatic carbocycles. The SMILES string of the molecule is O=C(O)CCC1CCCCN1C(=O)CCc1cc(Cl)cs1. The molecule has 4 nitrogen and oxygen atoms in total. The number of hydrogen-bond acceptors (Lipinski definition) is 3. The average molecular weight is 330 g/mol. The summed E-state index contributed by atoms with van der Waals surface area (Å²) < 4.78 is 0. The summed E-state index contributed by atoms with van der Waals surface area (Å²) in [7, 11) is 0. The summed E-state index contributed by atoms with van der Waals surface area (Å²) in [5, 5.41) is 11.4. The van der Waals surface area contributed by atoms with Crippen LogP contribution >= 0.6 is 22.9 Å². The van der Waals surface area contributed by atoms with E-state index in [0.29, 0.717) is 19.3 Å². The molecule has 1 aliphatic rings. The number of thiophene rings is 1. The number of likely N-dealkylation sites (tertiary alicyclic amines) is 1. The molecule has 0 saturated carbocycles. The normalized spacial score (nSPS) is 18.7. The molecular weight excluding hydrogens is 310 g/mol. The zero-order chi connectivity index (χ0) is 15.2. The van der Waals surface area contributed by atoms with Crippen LogP contribution in [0.5, 0.6) is 0 Å². The first kappa shape index (κ1) is 16.3. The minimum atomic E-state index is -0.791. The standard InChI is InChI=1S/C15H20ClNO3S/c16-11-9-13(21-10-11)5-6-14(18)17-8-2-1-3-12(17)4-7-15(19)20/h9-10,12H,1-8H2,(H,19,20). The fourth-order valence-corrected chi connectivity index (χ4v) is 3.85. The molecule has 1 saturated heterocycles. The molecule has 6 heteroatoms. The zero-order valence-electron chi connectivity index (χ0n) is 11.9. The Balaban J connectivity index is 1.87. The Morgan fingerprint density at radius 3 is 2.86 bits per heavy atom. The van der Waals surface area contributed by atoms with Crippen molar-refractivity contribution in [3.63, 3.8) is 0 Å². The number of carboxylic acids is 1. The van der Waals surface area contributed by atoms with Crippen LogP contribution in [0.3, 0.4) is 0 Å². The number of halogens is 1. The molecule has 0 radical (unpaired) electrons. The fraction of sp³-hybridized carbons (Fsp3) is 0.600. The van der Waals surface area contributed by atoms with Gasteiger partial charge in [0.25, 0.3) is 0 Å².